The zero-order chi connectivity index (χ0) is 15.4. The molecule has 2 heterocycles. The van der Waals surface area contributed by atoms with E-state index in [1.54, 1.807) is 0 Å². The summed E-state index contributed by atoms with van der Waals surface area (Å²) in [6, 6.07) is 8.03. The van der Waals surface area contributed by atoms with Crippen LogP contribution in [-0.4, -0.2) is 55.0 Å². The first-order valence-corrected chi connectivity index (χ1v) is 8.56. The first kappa shape index (κ1) is 21.5. The summed E-state index contributed by atoms with van der Waals surface area (Å²) >= 11 is 6.04. The third kappa shape index (κ3) is 5.78. The average Bonchev–Trinajstić information content (AvgIpc) is 2.56. The summed E-state index contributed by atoms with van der Waals surface area (Å²) < 4.78 is 0. The van der Waals surface area contributed by atoms with E-state index in [1.807, 2.05) is 23.1 Å². The van der Waals surface area contributed by atoms with Gasteiger partial charge in [0.05, 0.1) is 5.92 Å². The van der Waals surface area contributed by atoms with Crippen LogP contribution in [0.3, 0.4) is 0 Å². The Labute approximate surface area is 161 Å². The van der Waals surface area contributed by atoms with Crippen molar-refractivity contribution >= 4 is 42.3 Å². The van der Waals surface area contributed by atoms with Crippen molar-refractivity contribution in [3.63, 3.8) is 0 Å². The normalized spacial score (nSPS) is 21.5. The van der Waals surface area contributed by atoms with Gasteiger partial charge in [-0.1, -0.05) is 23.7 Å². The predicted molar refractivity (Wildman–Crippen MR) is 103 cm³/mol. The minimum absolute atomic E-state index is 0. The van der Waals surface area contributed by atoms with Crippen molar-refractivity contribution in [1.29, 1.82) is 0 Å². The summed E-state index contributed by atoms with van der Waals surface area (Å²) in [6.45, 7) is 6.38. The third-order valence-electron chi connectivity index (χ3n) is 4.63. The molecule has 136 valence electrons. The largest absolute Gasteiger partial charge is 0.340 e. The third-order valence-corrected chi connectivity index (χ3v) is 4.86. The maximum atomic E-state index is 12.5. The topological polar surface area (TPSA) is 35.6 Å². The van der Waals surface area contributed by atoms with Gasteiger partial charge in [0, 0.05) is 44.3 Å². The van der Waals surface area contributed by atoms with Gasteiger partial charge in [-0.05, 0) is 37.1 Å². The summed E-state index contributed by atoms with van der Waals surface area (Å²) in [5, 5.41) is 4.12. The van der Waals surface area contributed by atoms with Gasteiger partial charge in [0.2, 0.25) is 5.91 Å². The molecule has 3 rings (SSSR count). The fraction of sp³-hybridized carbons (Fsp3) is 0.588. The molecule has 0 saturated carbocycles. The van der Waals surface area contributed by atoms with Crippen molar-refractivity contribution in [3.05, 3.63) is 34.9 Å². The SMILES string of the molecule is Cl.Cl.O=C(C1CCCNC1)N1CCN(Cc2cccc(Cl)c2)CC1. The highest BCUT2D eigenvalue weighted by Gasteiger charge is 2.28. The van der Waals surface area contributed by atoms with Crippen molar-refractivity contribution in [3.8, 4) is 0 Å². The molecule has 2 aliphatic heterocycles. The smallest absolute Gasteiger partial charge is 0.227 e. The summed E-state index contributed by atoms with van der Waals surface area (Å²) in [5.74, 6) is 0.530. The highest BCUT2D eigenvalue weighted by atomic mass is 35.5. The number of amides is 1. The van der Waals surface area contributed by atoms with Gasteiger partial charge in [-0.15, -0.1) is 24.8 Å². The van der Waals surface area contributed by atoms with Crippen LogP contribution in [0.1, 0.15) is 18.4 Å². The van der Waals surface area contributed by atoms with E-state index in [-0.39, 0.29) is 30.7 Å². The van der Waals surface area contributed by atoms with Crippen LogP contribution in [0, 0.1) is 5.92 Å². The summed E-state index contributed by atoms with van der Waals surface area (Å²) in [7, 11) is 0. The molecule has 0 aliphatic carbocycles. The van der Waals surface area contributed by atoms with E-state index in [2.05, 4.69) is 16.3 Å². The lowest BCUT2D eigenvalue weighted by Crippen LogP contribution is -2.51. The molecule has 7 heteroatoms. The van der Waals surface area contributed by atoms with Crippen molar-refractivity contribution in [2.45, 2.75) is 19.4 Å². The van der Waals surface area contributed by atoms with Gasteiger partial charge in [-0.3, -0.25) is 9.69 Å². The van der Waals surface area contributed by atoms with Crippen LogP contribution in [0.2, 0.25) is 5.02 Å². The maximum absolute atomic E-state index is 12.5. The Balaban J connectivity index is 0.00000144. The Bertz CT molecular complexity index is 516. The molecule has 2 aliphatic rings. The number of carbonyl (C=O) groups excluding carboxylic acids is 1. The number of nitrogens with one attached hydrogen (secondary N) is 1. The summed E-state index contributed by atoms with van der Waals surface area (Å²) in [4.78, 5) is 17.0. The van der Waals surface area contributed by atoms with Crippen molar-refractivity contribution in [2.24, 2.45) is 5.92 Å². The molecule has 0 radical (unpaired) electrons. The number of hydrogen-bond acceptors (Lipinski definition) is 3. The molecule has 1 aromatic carbocycles. The Morgan fingerprint density at radius 2 is 1.96 bits per heavy atom. The van der Waals surface area contributed by atoms with Crippen molar-refractivity contribution in [2.75, 3.05) is 39.3 Å². The van der Waals surface area contributed by atoms with E-state index in [1.165, 1.54) is 5.56 Å². The van der Waals surface area contributed by atoms with E-state index >= 15 is 0 Å². The van der Waals surface area contributed by atoms with Crippen LogP contribution in [0.15, 0.2) is 24.3 Å². The molecule has 4 nitrogen and oxygen atoms in total. The number of carbonyl (C=O) groups is 1. The maximum Gasteiger partial charge on any atom is 0.227 e. The second kappa shape index (κ2) is 10.5. The van der Waals surface area contributed by atoms with Crippen LogP contribution in [0.5, 0.6) is 0 Å². The van der Waals surface area contributed by atoms with E-state index in [0.29, 0.717) is 5.91 Å². The number of benzene rings is 1. The van der Waals surface area contributed by atoms with Crippen LogP contribution in [0.25, 0.3) is 0 Å². The van der Waals surface area contributed by atoms with E-state index in [0.717, 1.165) is 63.7 Å². The molecule has 1 N–H and O–H groups in total. The Morgan fingerprint density at radius 3 is 2.58 bits per heavy atom. The molecule has 1 aromatic rings. The first-order chi connectivity index (χ1) is 10.7. The van der Waals surface area contributed by atoms with Gasteiger partial charge in [0.1, 0.15) is 0 Å². The summed E-state index contributed by atoms with van der Waals surface area (Å²) in [5.41, 5.74) is 1.24. The molecule has 2 saturated heterocycles. The molecule has 1 amide bonds. The highest BCUT2D eigenvalue weighted by molar-refractivity contribution is 6.30. The lowest BCUT2D eigenvalue weighted by molar-refractivity contribution is -0.137. The van der Waals surface area contributed by atoms with Crippen molar-refractivity contribution in [1.82, 2.24) is 15.1 Å². The number of nitrogens with zero attached hydrogens (tertiary/aromatic N) is 2. The predicted octanol–water partition coefficient (Wildman–Crippen LogP) is 2.83. The molecular formula is C17H26Cl3N3O. The Hall–Kier alpha value is -0.520. The Kier molecular flexibility index (Phi) is 9.39. The zero-order valence-electron chi connectivity index (χ0n) is 13.7. The monoisotopic (exact) mass is 393 g/mol. The quantitative estimate of drug-likeness (QED) is 0.856. The highest BCUT2D eigenvalue weighted by Crippen LogP contribution is 2.17. The molecule has 1 unspecified atom stereocenters. The molecule has 2 fully saturated rings. The first-order valence-electron chi connectivity index (χ1n) is 8.19. The number of hydrogen-bond donors (Lipinski definition) is 1. The van der Waals surface area contributed by atoms with Crippen molar-refractivity contribution < 1.29 is 4.79 Å². The average molecular weight is 395 g/mol. The fourth-order valence-corrected chi connectivity index (χ4v) is 3.55. The zero-order valence-corrected chi connectivity index (χ0v) is 16.1. The van der Waals surface area contributed by atoms with Crippen LogP contribution < -0.4 is 5.32 Å². The molecule has 24 heavy (non-hydrogen) atoms. The van der Waals surface area contributed by atoms with Gasteiger partial charge < -0.3 is 10.2 Å². The van der Waals surface area contributed by atoms with Crippen LogP contribution in [0.4, 0.5) is 0 Å². The standard InChI is InChI=1S/C17H24ClN3O.2ClH/c18-16-5-1-3-14(11-16)13-20-7-9-21(10-8-20)17(22)15-4-2-6-19-12-15;;/h1,3,5,11,15,19H,2,4,6-10,12-13H2;2*1H. The lowest BCUT2D eigenvalue weighted by Gasteiger charge is -2.37. The van der Waals surface area contributed by atoms with Crippen LogP contribution >= 0.6 is 36.4 Å². The second-order valence-electron chi connectivity index (χ2n) is 6.27. The lowest BCUT2D eigenvalue weighted by atomic mass is 9.98. The van der Waals surface area contributed by atoms with Gasteiger partial charge >= 0.3 is 0 Å². The second-order valence-corrected chi connectivity index (χ2v) is 6.71. The molecule has 0 spiro atoms. The van der Waals surface area contributed by atoms with E-state index < -0.39 is 0 Å². The van der Waals surface area contributed by atoms with Gasteiger partial charge in [-0.2, -0.15) is 0 Å². The van der Waals surface area contributed by atoms with Gasteiger partial charge in [0.25, 0.3) is 0 Å². The number of piperazine rings is 1. The van der Waals surface area contributed by atoms with E-state index in [4.69, 9.17) is 11.6 Å². The molecule has 0 bridgehead atoms. The minimum atomic E-state index is 0. The summed E-state index contributed by atoms with van der Waals surface area (Å²) in [6.07, 6.45) is 2.15. The molecule has 0 aromatic heterocycles. The van der Waals surface area contributed by atoms with E-state index in [9.17, 15) is 4.79 Å². The molecular weight excluding hydrogens is 369 g/mol. The fourth-order valence-electron chi connectivity index (χ4n) is 3.34. The molecule has 1 atom stereocenters. The number of piperidine rings is 1. The minimum Gasteiger partial charge on any atom is -0.340 e. The Morgan fingerprint density at radius 1 is 1.21 bits per heavy atom. The van der Waals surface area contributed by atoms with Gasteiger partial charge in [0.15, 0.2) is 0 Å². The number of rotatable bonds is 3. The van der Waals surface area contributed by atoms with Gasteiger partial charge in [-0.25, -0.2) is 0 Å². The van der Waals surface area contributed by atoms with Crippen LogP contribution in [-0.2, 0) is 11.3 Å². The number of halogens is 3.